The lowest BCUT2D eigenvalue weighted by molar-refractivity contribution is 0.242. The minimum Gasteiger partial charge on any atom is -0.480 e. The summed E-state index contributed by atoms with van der Waals surface area (Å²) in [6, 6.07) is 6.00. The Bertz CT molecular complexity index is 885. The number of halogens is 1. The summed E-state index contributed by atoms with van der Waals surface area (Å²) in [4.78, 5) is 17.0. The molecule has 5 nitrogen and oxygen atoms in total. The first-order chi connectivity index (χ1) is 12.2. The molecule has 0 aromatic carbocycles. The van der Waals surface area contributed by atoms with E-state index in [-0.39, 0.29) is 0 Å². The number of pyridine rings is 1. The molecule has 1 aliphatic heterocycles. The van der Waals surface area contributed by atoms with Crippen LogP contribution in [0.4, 0.5) is 0 Å². The maximum Gasteiger partial charge on any atom is 0.232 e. The molecule has 1 aliphatic rings. The summed E-state index contributed by atoms with van der Waals surface area (Å²) in [6.07, 6.45) is 4.70. The highest BCUT2D eigenvalue weighted by atomic mass is 35.5. The molecule has 7 heteroatoms. The van der Waals surface area contributed by atoms with E-state index in [1.807, 2.05) is 29.9 Å². The quantitative estimate of drug-likeness (QED) is 0.696. The summed E-state index contributed by atoms with van der Waals surface area (Å²) in [5, 5.41) is 2.59. The molecule has 0 spiro atoms. The second-order valence-electron chi connectivity index (χ2n) is 5.94. The van der Waals surface area contributed by atoms with Crippen molar-refractivity contribution in [2.45, 2.75) is 19.5 Å². The first kappa shape index (κ1) is 16.4. The van der Waals surface area contributed by atoms with Crippen LogP contribution in [0.3, 0.4) is 0 Å². The van der Waals surface area contributed by atoms with Crippen LogP contribution in [-0.2, 0) is 19.5 Å². The van der Waals surface area contributed by atoms with Crippen LogP contribution in [0.2, 0.25) is 5.02 Å². The number of fused-ring (bicyclic) bond motifs is 1. The predicted octanol–water partition coefficient (Wildman–Crippen LogP) is 3.82. The lowest BCUT2D eigenvalue weighted by Crippen LogP contribution is -2.31. The highest BCUT2D eigenvalue weighted by molar-refractivity contribution is 7.13. The molecule has 4 rings (SSSR count). The molecule has 0 saturated carbocycles. The van der Waals surface area contributed by atoms with Gasteiger partial charge in [0.25, 0.3) is 0 Å². The molecule has 4 heterocycles. The standard InChI is InChI=1S/C18H17ClN4OS/c1-24-18-14(19)7-12(8-21-18)10-23-5-4-15-13(11-23)9-20-17(22-15)16-3-2-6-25-16/h2-3,6-9H,4-5,10-11H2,1H3. The second kappa shape index (κ2) is 7.07. The van der Waals surface area contributed by atoms with Crippen molar-refractivity contribution >= 4 is 22.9 Å². The van der Waals surface area contributed by atoms with Gasteiger partial charge in [0.1, 0.15) is 5.02 Å². The van der Waals surface area contributed by atoms with Crippen molar-refractivity contribution in [1.29, 1.82) is 0 Å². The van der Waals surface area contributed by atoms with Gasteiger partial charge in [-0.1, -0.05) is 17.7 Å². The summed E-state index contributed by atoms with van der Waals surface area (Å²) >= 11 is 7.84. The Balaban J connectivity index is 1.48. The summed E-state index contributed by atoms with van der Waals surface area (Å²) < 4.78 is 5.11. The summed E-state index contributed by atoms with van der Waals surface area (Å²) in [5.74, 6) is 1.29. The molecule has 0 amide bonds. The van der Waals surface area contributed by atoms with E-state index in [1.54, 1.807) is 18.4 Å². The van der Waals surface area contributed by atoms with Gasteiger partial charge in [-0.25, -0.2) is 15.0 Å². The molecule has 0 fully saturated rings. The number of hydrogen-bond donors (Lipinski definition) is 0. The Morgan fingerprint density at radius 2 is 2.24 bits per heavy atom. The highest BCUT2D eigenvalue weighted by Gasteiger charge is 2.19. The number of thiophene rings is 1. The van der Waals surface area contributed by atoms with Crippen molar-refractivity contribution in [3.8, 4) is 16.6 Å². The number of nitrogens with zero attached hydrogens (tertiary/aromatic N) is 4. The van der Waals surface area contributed by atoms with Gasteiger partial charge in [-0.15, -0.1) is 11.3 Å². The SMILES string of the molecule is COc1ncc(CN2CCc3nc(-c4cccs4)ncc3C2)cc1Cl. The van der Waals surface area contributed by atoms with Gasteiger partial charge in [0.05, 0.1) is 17.7 Å². The van der Waals surface area contributed by atoms with E-state index < -0.39 is 0 Å². The monoisotopic (exact) mass is 372 g/mol. The molecule has 0 saturated heterocycles. The smallest absolute Gasteiger partial charge is 0.232 e. The van der Waals surface area contributed by atoms with E-state index in [4.69, 9.17) is 21.3 Å². The van der Waals surface area contributed by atoms with Crippen molar-refractivity contribution in [2.24, 2.45) is 0 Å². The third kappa shape index (κ3) is 3.51. The van der Waals surface area contributed by atoms with Crippen LogP contribution in [0.15, 0.2) is 36.0 Å². The van der Waals surface area contributed by atoms with Gasteiger partial charge in [0.15, 0.2) is 5.82 Å². The Labute approximate surface area is 155 Å². The molecular formula is C18H17ClN4OS. The fourth-order valence-corrected chi connectivity index (χ4v) is 3.92. The van der Waals surface area contributed by atoms with Crippen LogP contribution >= 0.6 is 22.9 Å². The normalized spacial score (nSPS) is 14.3. The predicted molar refractivity (Wildman–Crippen MR) is 99.0 cm³/mol. The second-order valence-corrected chi connectivity index (χ2v) is 7.29. The zero-order chi connectivity index (χ0) is 17.2. The molecule has 0 unspecified atom stereocenters. The molecule has 0 bridgehead atoms. The van der Waals surface area contributed by atoms with Crippen LogP contribution in [0.5, 0.6) is 5.88 Å². The zero-order valence-corrected chi connectivity index (χ0v) is 15.3. The van der Waals surface area contributed by atoms with E-state index in [2.05, 4.69) is 20.9 Å². The average molecular weight is 373 g/mol. The average Bonchev–Trinajstić information content (AvgIpc) is 3.16. The number of aromatic nitrogens is 3. The van der Waals surface area contributed by atoms with E-state index in [0.29, 0.717) is 10.9 Å². The molecular weight excluding hydrogens is 356 g/mol. The van der Waals surface area contributed by atoms with Gasteiger partial charge in [-0.3, -0.25) is 4.90 Å². The minimum absolute atomic E-state index is 0.462. The van der Waals surface area contributed by atoms with Crippen LogP contribution in [0.25, 0.3) is 10.7 Å². The topological polar surface area (TPSA) is 51.1 Å². The summed E-state index contributed by atoms with van der Waals surface area (Å²) in [6.45, 7) is 2.59. The zero-order valence-electron chi connectivity index (χ0n) is 13.8. The first-order valence-electron chi connectivity index (χ1n) is 8.02. The summed E-state index contributed by atoms with van der Waals surface area (Å²) in [7, 11) is 1.57. The van der Waals surface area contributed by atoms with Crippen molar-refractivity contribution in [1.82, 2.24) is 19.9 Å². The Morgan fingerprint density at radius 1 is 1.32 bits per heavy atom. The lowest BCUT2D eigenvalue weighted by Gasteiger charge is -2.28. The summed E-state index contributed by atoms with van der Waals surface area (Å²) in [5.41, 5.74) is 3.42. The van der Waals surface area contributed by atoms with Gasteiger partial charge in [-0.05, 0) is 23.1 Å². The van der Waals surface area contributed by atoms with E-state index in [1.165, 1.54) is 5.56 Å². The molecule has 0 aliphatic carbocycles. The van der Waals surface area contributed by atoms with Gasteiger partial charge in [-0.2, -0.15) is 0 Å². The highest BCUT2D eigenvalue weighted by Crippen LogP contribution is 2.26. The van der Waals surface area contributed by atoms with Gasteiger partial charge in [0.2, 0.25) is 5.88 Å². The van der Waals surface area contributed by atoms with Crippen molar-refractivity contribution < 1.29 is 4.74 Å². The number of rotatable bonds is 4. The number of hydrogen-bond acceptors (Lipinski definition) is 6. The van der Waals surface area contributed by atoms with Crippen molar-refractivity contribution in [3.05, 3.63) is 57.8 Å². The maximum atomic E-state index is 6.17. The van der Waals surface area contributed by atoms with Crippen LogP contribution in [-0.4, -0.2) is 33.5 Å². The van der Waals surface area contributed by atoms with Crippen molar-refractivity contribution in [3.63, 3.8) is 0 Å². The molecule has 0 atom stereocenters. The lowest BCUT2D eigenvalue weighted by atomic mass is 10.1. The Kier molecular flexibility index (Phi) is 4.65. The third-order valence-electron chi connectivity index (χ3n) is 4.22. The van der Waals surface area contributed by atoms with Crippen LogP contribution in [0.1, 0.15) is 16.8 Å². The molecule has 3 aromatic heterocycles. The van der Waals surface area contributed by atoms with E-state index in [0.717, 1.165) is 48.0 Å². The van der Waals surface area contributed by atoms with Gasteiger partial charge < -0.3 is 4.74 Å². The Morgan fingerprint density at radius 3 is 3.00 bits per heavy atom. The minimum atomic E-state index is 0.462. The fraction of sp³-hybridized carbons (Fsp3) is 0.278. The van der Waals surface area contributed by atoms with Gasteiger partial charge in [0, 0.05) is 44.0 Å². The van der Waals surface area contributed by atoms with E-state index in [9.17, 15) is 0 Å². The van der Waals surface area contributed by atoms with Gasteiger partial charge >= 0.3 is 0 Å². The van der Waals surface area contributed by atoms with E-state index >= 15 is 0 Å². The fourth-order valence-electron chi connectivity index (χ4n) is 2.99. The maximum absolute atomic E-state index is 6.17. The number of ether oxygens (including phenoxy) is 1. The molecule has 3 aromatic rings. The number of methoxy groups -OCH3 is 1. The van der Waals surface area contributed by atoms with Crippen molar-refractivity contribution in [2.75, 3.05) is 13.7 Å². The molecule has 0 N–H and O–H groups in total. The molecule has 0 radical (unpaired) electrons. The molecule has 25 heavy (non-hydrogen) atoms. The third-order valence-corrected chi connectivity index (χ3v) is 5.35. The van der Waals surface area contributed by atoms with Crippen LogP contribution in [0, 0.1) is 0 Å². The molecule has 128 valence electrons. The Hall–Kier alpha value is -2.02. The van der Waals surface area contributed by atoms with Crippen LogP contribution < -0.4 is 4.74 Å². The largest absolute Gasteiger partial charge is 0.480 e. The first-order valence-corrected chi connectivity index (χ1v) is 9.28.